The molecule has 2 aromatic carbocycles. The number of carbonyl (C=O) groups is 3. The Morgan fingerprint density at radius 1 is 1.03 bits per heavy atom. The van der Waals surface area contributed by atoms with Crippen molar-refractivity contribution < 1.29 is 24.0 Å². The lowest BCUT2D eigenvalue weighted by molar-refractivity contribution is -0.384. The van der Waals surface area contributed by atoms with E-state index in [1.54, 1.807) is 41.3 Å². The van der Waals surface area contributed by atoms with E-state index in [0.29, 0.717) is 37.4 Å². The zero-order valence-electron chi connectivity index (χ0n) is 17.9. The summed E-state index contributed by atoms with van der Waals surface area (Å²) in [5.41, 5.74) is 1.61. The molecule has 1 aliphatic rings. The standard InChI is InChI=1S/C22H24N4O6/c1-15(27)24-9-11-25(12-10-24)19-8-7-18(13-20(19)26(30)31)21(28)23-14-16-3-5-17(6-4-16)22(29)32-2/h3-8,13H,9-12,14H2,1-2H3,(H,23,28). The fourth-order valence-corrected chi connectivity index (χ4v) is 3.50. The van der Waals surface area contributed by atoms with Gasteiger partial charge in [-0.15, -0.1) is 0 Å². The van der Waals surface area contributed by atoms with E-state index in [-0.39, 0.29) is 23.7 Å². The van der Waals surface area contributed by atoms with Crippen LogP contribution in [0.5, 0.6) is 0 Å². The molecule has 0 saturated carbocycles. The van der Waals surface area contributed by atoms with E-state index in [4.69, 9.17) is 0 Å². The van der Waals surface area contributed by atoms with Gasteiger partial charge in [-0.1, -0.05) is 12.1 Å². The van der Waals surface area contributed by atoms with Gasteiger partial charge in [-0.25, -0.2) is 4.79 Å². The van der Waals surface area contributed by atoms with E-state index < -0.39 is 16.8 Å². The van der Waals surface area contributed by atoms with Crippen molar-refractivity contribution in [2.45, 2.75) is 13.5 Å². The van der Waals surface area contributed by atoms with Crippen molar-refractivity contribution in [3.05, 3.63) is 69.3 Å². The van der Waals surface area contributed by atoms with Gasteiger partial charge in [-0.3, -0.25) is 19.7 Å². The predicted octanol–water partition coefficient (Wildman–Crippen LogP) is 1.98. The van der Waals surface area contributed by atoms with Crippen LogP contribution in [0.15, 0.2) is 42.5 Å². The van der Waals surface area contributed by atoms with E-state index in [1.807, 2.05) is 4.90 Å². The van der Waals surface area contributed by atoms with Gasteiger partial charge in [0.1, 0.15) is 5.69 Å². The molecule has 2 aromatic rings. The molecule has 32 heavy (non-hydrogen) atoms. The molecule has 1 aliphatic heterocycles. The first kappa shape index (κ1) is 22.7. The van der Waals surface area contributed by atoms with Crippen LogP contribution < -0.4 is 10.2 Å². The third kappa shape index (κ3) is 5.20. The van der Waals surface area contributed by atoms with Crippen molar-refractivity contribution in [2.75, 3.05) is 38.2 Å². The van der Waals surface area contributed by atoms with Crippen LogP contribution in [-0.2, 0) is 16.1 Å². The first-order valence-corrected chi connectivity index (χ1v) is 10.0. The number of hydrogen-bond donors (Lipinski definition) is 1. The molecule has 0 aromatic heterocycles. The molecule has 0 spiro atoms. The molecule has 1 heterocycles. The molecule has 0 radical (unpaired) electrons. The number of esters is 1. The van der Waals surface area contributed by atoms with Gasteiger partial charge in [0.15, 0.2) is 0 Å². The quantitative estimate of drug-likeness (QED) is 0.414. The average molecular weight is 440 g/mol. The molecule has 2 amide bonds. The molecule has 1 saturated heterocycles. The maximum Gasteiger partial charge on any atom is 0.337 e. The number of methoxy groups -OCH3 is 1. The molecule has 1 fully saturated rings. The van der Waals surface area contributed by atoms with Crippen LogP contribution in [-0.4, -0.2) is 60.9 Å². The maximum absolute atomic E-state index is 12.6. The van der Waals surface area contributed by atoms with E-state index in [9.17, 15) is 24.5 Å². The molecule has 10 heteroatoms. The molecular weight excluding hydrogens is 416 g/mol. The number of rotatable bonds is 6. The zero-order valence-corrected chi connectivity index (χ0v) is 17.9. The Kier molecular flexibility index (Phi) is 7.04. The third-order valence-corrected chi connectivity index (χ3v) is 5.33. The monoisotopic (exact) mass is 440 g/mol. The van der Waals surface area contributed by atoms with Crippen molar-refractivity contribution in [1.29, 1.82) is 0 Å². The summed E-state index contributed by atoms with van der Waals surface area (Å²) in [6, 6.07) is 11.0. The van der Waals surface area contributed by atoms with Crippen LogP contribution in [0.2, 0.25) is 0 Å². The summed E-state index contributed by atoms with van der Waals surface area (Å²) in [7, 11) is 1.30. The van der Waals surface area contributed by atoms with Crippen molar-refractivity contribution in [3.8, 4) is 0 Å². The molecular formula is C22H24N4O6. The van der Waals surface area contributed by atoms with Gasteiger partial charge in [0.05, 0.1) is 17.6 Å². The highest BCUT2D eigenvalue weighted by atomic mass is 16.6. The summed E-state index contributed by atoms with van der Waals surface area (Å²) in [6.45, 7) is 3.63. The highest BCUT2D eigenvalue weighted by Crippen LogP contribution is 2.30. The van der Waals surface area contributed by atoms with Crippen LogP contribution >= 0.6 is 0 Å². The van der Waals surface area contributed by atoms with E-state index in [0.717, 1.165) is 5.56 Å². The second kappa shape index (κ2) is 9.90. The molecule has 3 rings (SSSR count). The van der Waals surface area contributed by atoms with Gasteiger partial charge in [-0.05, 0) is 29.8 Å². The largest absolute Gasteiger partial charge is 0.465 e. The normalized spacial score (nSPS) is 13.4. The van der Waals surface area contributed by atoms with Gasteiger partial charge in [0, 0.05) is 51.3 Å². The van der Waals surface area contributed by atoms with Crippen LogP contribution in [0.25, 0.3) is 0 Å². The number of benzene rings is 2. The lowest BCUT2D eigenvalue weighted by Crippen LogP contribution is -2.48. The summed E-state index contributed by atoms with van der Waals surface area (Å²) in [5, 5.41) is 14.4. The zero-order chi connectivity index (χ0) is 23.3. The lowest BCUT2D eigenvalue weighted by atomic mass is 10.1. The van der Waals surface area contributed by atoms with Gasteiger partial charge >= 0.3 is 5.97 Å². The molecule has 168 valence electrons. The minimum atomic E-state index is -0.505. The Balaban J connectivity index is 1.68. The molecule has 0 aliphatic carbocycles. The maximum atomic E-state index is 12.6. The summed E-state index contributed by atoms with van der Waals surface area (Å²) in [6.07, 6.45) is 0. The Bertz CT molecular complexity index is 1030. The van der Waals surface area contributed by atoms with Crippen molar-refractivity contribution in [3.63, 3.8) is 0 Å². The number of amides is 2. The minimum Gasteiger partial charge on any atom is -0.465 e. The van der Waals surface area contributed by atoms with Crippen LogP contribution in [0.3, 0.4) is 0 Å². The first-order valence-electron chi connectivity index (χ1n) is 10.0. The van der Waals surface area contributed by atoms with Crippen LogP contribution in [0.1, 0.15) is 33.2 Å². The number of nitrogens with one attached hydrogen (secondary N) is 1. The summed E-state index contributed by atoms with van der Waals surface area (Å²) < 4.78 is 4.65. The van der Waals surface area contributed by atoms with Gasteiger partial charge < -0.3 is 19.9 Å². The molecule has 10 nitrogen and oxygen atoms in total. The topological polar surface area (TPSA) is 122 Å². The highest BCUT2D eigenvalue weighted by molar-refractivity contribution is 5.95. The average Bonchev–Trinajstić information content (AvgIpc) is 2.82. The molecule has 0 bridgehead atoms. The molecule has 0 unspecified atom stereocenters. The Labute approximate surface area is 184 Å². The molecule has 1 N–H and O–H groups in total. The van der Waals surface area contributed by atoms with Gasteiger partial charge in [0.2, 0.25) is 5.91 Å². The van der Waals surface area contributed by atoms with Crippen molar-refractivity contribution >= 4 is 29.2 Å². The van der Waals surface area contributed by atoms with Crippen LogP contribution in [0.4, 0.5) is 11.4 Å². The van der Waals surface area contributed by atoms with Crippen LogP contribution in [0, 0.1) is 10.1 Å². The second-order valence-electron chi connectivity index (χ2n) is 7.32. The third-order valence-electron chi connectivity index (χ3n) is 5.33. The first-order chi connectivity index (χ1) is 15.3. The lowest BCUT2D eigenvalue weighted by Gasteiger charge is -2.35. The van der Waals surface area contributed by atoms with E-state index >= 15 is 0 Å². The summed E-state index contributed by atoms with van der Waals surface area (Å²) in [4.78, 5) is 50.2. The van der Waals surface area contributed by atoms with Crippen molar-refractivity contribution in [2.24, 2.45) is 0 Å². The van der Waals surface area contributed by atoms with E-state index in [1.165, 1.54) is 20.1 Å². The smallest absolute Gasteiger partial charge is 0.337 e. The Morgan fingerprint density at radius 2 is 1.66 bits per heavy atom. The van der Waals surface area contributed by atoms with Crippen molar-refractivity contribution in [1.82, 2.24) is 10.2 Å². The van der Waals surface area contributed by atoms with Gasteiger partial charge in [0.25, 0.3) is 11.6 Å². The Hall–Kier alpha value is -3.95. The van der Waals surface area contributed by atoms with Gasteiger partial charge in [-0.2, -0.15) is 0 Å². The SMILES string of the molecule is COC(=O)c1ccc(CNC(=O)c2ccc(N3CCN(C(C)=O)CC3)c([N+](=O)[O-])c2)cc1. The predicted molar refractivity (Wildman–Crippen MR) is 117 cm³/mol. The summed E-state index contributed by atoms with van der Waals surface area (Å²) >= 11 is 0. The number of piperazine rings is 1. The number of carbonyl (C=O) groups excluding carboxylic acids is 3. The molecule has 0 atom stereocenters. The second-order valence-corrected chi connectivity index (χ2v) is 7.32. The number of nitrogens with zero attached hydrogens (tertiary/aromatic N) is 3. The Morgan fingerprint density at radius 3 is 2.22 bits per heavy atom. The fraction of sp³-hybridized carbons (Fsp3) is 0.318. The minimum absolute atomic E-state index is 0.0221. The number of anilines is 1. The van der Waals surface area contributed by atoms with E-state index in [2.05, 4.69) is 10.1 Å². The highest BCUT2D eigenvalue weighted by Gasteiger charge is 2.25. The number of nitro benzene ring substituents is 1. The number of ether oxygens (including phenoxy) is 1. The number of nitro groups is 1. The fourth-order valence-electron chi connectivity index (χ4n) is 3.50. The summed E-state index contributed by atoms with van der Waals surface area (Å²) in [5.74, 6) is -0.917. The number of hydrogen-bond acceptors (Lipinski definition) is 7.